The summed E-state index contributed by atoms with van der Waals surface area (Å²) in [6, 6.07) is 12.9. The van der Waals surface area contributed by atoms with Gasteiger partial charge >= 0.3 is 0 Å². The van der Waals surface area contributed by atoms with Crippen molar-refractivity contribution >= 4 is 34.8 Å². The van der Waals surface area contributed by atoms with E-state index in [0.717, 1.165) is 16.8 Å². The van der Waals surface area contributed by atoms with Crippen molar-refractivity contribution < 1.29 is 9.59 Å². The van der Waals surface area contributed by atoms with Gasteiger partial charge in [-0.05, 0) is 43.2 Å². The Labute approximate surface area is 146 Å². The number of halogens is 1. The van der Waals surface area contributed by atoms with Crippen LogP contribution >= 0.6 is 11.6 Å². The maximum Gasteiger partial charge on any atom is 0.229 e. The number of hydrogen-bond acceptors (Lipinski definition) is 2. The summed E-state index contributed by atoms with van der Waals surface area (Å²) in [4.78, 5) is 26.6. The van der Waals surface area contributed by atoms with Crippen LogP contribution < -0.4 is 10.2 Å². The first-order valence-electron chi connectivity index (χ1n) is 7.88. The number of nitrogens with zero attached hydrogens (tertiary/aromatic N) is 1. The van der Waals surface area contributed by atoms with Crippen molar-refractivity contribution in [2.45, 2.75) is 20.3 Å². The molecule has 0 radical (unpaired) electrons. The van der Waals surface area contributed by atoms with Crippen LogP contribution in [-0.2, 0) is 9.59 Å². The fourth-order valence-corrected chi connectivity index (χ4v) is 3.33. The Hall–Kier alpha value is -2.33. The molecule has 1 saturated heterocycles. The molecule has 5 heteroatoms. The highest BCUT2D eigenvalue weighted by atomic mass is 35.5. The first kappa shape index (κ1) is 16.5. The number of carbonyl (C=O) groups excluding carboxylic acids is 2. The first-order chi connectivity index (χ1) is 11.5. The average Bonchev–Trinajstić information content (AvgIpc) is 2.89. The Morgan fingerprint density at radius 3 is 2.50 bits per heavy atom. The number of benzene rings is 2. The molecule has 2 aromatic rings. The molecule has 3 rings (SSSR count). The lowest BCUT2D eigenvalue weighted by atomic mass is 10.1. The van der Waals surface area contributed by atoms with Gasteiger partial charge in [-0.1, -0.05) is 35.9 Å². The van der Waals surface area contributed by atoms with Gasteiger partial charge in [0, 0.05) is 29.4 Å². The molecule has 1 aliphatic heterocycles. The first-order valence-corrected chi connectivity index (χ1v) is 8.26. The molecular weight excluding hydrogens is 324 g/mol. The fraction of sp³-hybridized carbons (Fsp3) is 0.263. The summed E-state index contributed by atoms with van der Waals surface area (Å²) in [6.45, 7) is 4.36. The second kappa shape index (κ2) is 6.65. The molecule has 1 aliphatic rings. The van der Waals surface area contributed by atoms with E-state index in [1.807, 2.05) is 32.0 Å². The van der Waals surface area contributed by atoms with Gasteiger partial charge in [-0.15, -0.1) is 0 Å². The summed E-state index contributed by atoms with van der Waals surface area (Å²) < 4.78 is 0. The Kier molecular flexibility index (Phi) is 4.58. The molecule has 0 saturated carbocycles. The summed E-state index contributed by atoms with van der Waals surface area (Å²) in [5.74, 6) is -0.534. The number of amides is 2. The van der Waals surface area contributed by atoms with E-state index in [4.69, 9.17) is 11.6 Å². The van der Waals surface area contributed by atoms with Gasteiger partial charge in [-0.2, -0.15) is 0 Å². The van der Waals surface area contributed by atoms with Gasteiger partial charge in [-0.25, -0.2) is 0 Å². The second-order valence-electron chi connectivity index (χ2n) is 6.15. The summed E-state index contributed by atoms with van der Waals surface area (Å²) in [6.07, 6.45) is 0.222. The van der Waals surface area contributed by atoms with E-state index in [1.54, 1.807) is 29.2 Å². The third-order valence-corrected chi connectivity index (χ3v) is 4.53. The Morgan fingerprint density at radius 2 is 1.83 bits per heavy atom. The van der Waals surface area contributed by atoms with Crippen molar-refractivity contribution in [3.05, 3.63) is 58.6 Å². The molecule has 0 unspecified atom stereocenters. The van der Waals surface area contributed by atoms with Crippen LogP contribution in [0.15, 0.2) is 42.5 Å². The lowest BCUT2D eigenvalue weighted by Crippen LogP contribution is -2.29. The summed E-state index contributed by atoms with van der Waals surface area (Å²) in [5.41, 5.74) is 3.64. The van der Waals surface area contributed by atoms with Crippen molar-refractivity contribution in [2.24, 2.45) is 5.92 Å². The summed E-state index contributed by atoms with van der Waals surface area (Å²) >= 11 is 5.94. The molecule has 2 aromatic carbocycles. The van der Waals surface area contributed by atoms with Crippen LogP contribution in [0.3, 0.4) is 0 Å². The normalized spacial score (nSPS) is 17.2. The van der Waals surface area contributed by atoms with Crippen LogP contribution in [0.4, 0.5) is 11.4 Å². The van der Waals surface area contributed by atoms with Gasteiger partial charge in [0.15, 0.2) is 0 Å². The maximum atomic E-state index is 12.5. The summed E-state index contributed by atoms with van der Waals surface area (Å²) in [5, 5.41) is 3.41. The molecule has 0 aromatic heterocycles. The summed E-state index contributed by atoms with van der Waals surface area (Å²) in [7, 11) is 0. The van der Waals surface area contributed by atoms with Gasteiger partial charge in [0.25, 0.3) is 0 Å². The van der Waals surface area contributed by atoms with E-state index in [2.05, 4.69) is 5.32 Å². The number of nitrogens with one attached hydrogen (secondary N) is 1. The van der Waals surface area contributed by atoms with Gasteiger partial charge in [-0.3, -0.25) is 9.59 Å². The zero-order valence-corrected chi connectivity index (χ0v) is 14.4. The largest absolute Gasteiger partial charge is 0.326 e. The van der Waals surface area contributed by atoms with E-state index in [9.17, 15) is 9.59 Å². The van der Waals surface area contributed by atoms with Crippen LogP contribution in [0.5, 0.6) is 0 Å². The lowest BCUT2D eigenvalue weighted by Gasteiger charge is -2.21. The quantitative estimate of drug-likeness (QED) is 0.918. The van der Waals surface area contributed by atoms with E-state index in [0.29, 0.717) is 17.3 Å². The third-order valence-electron chi connectivity index (χ3n) is 4.30. The Bertz CT molecular complexity index is 783. The highest BCUT2D eigenvalue weighted by Gasteiger charge is 2.36. The van der Waals surface area contributed by atoms with Crippen molar-refractivity contribution in [1.82, 2.24) is 0 Å². The van der Waals surface area contributed by atoms with Crippen LogP contribution in [0.1, 0.15) is 17.5 Å². The predicted octanol–water partition coefficient (Wildman–Crippen LogP) is 3.95. The zero-order chi connectivity index (χ0) is 17.3. The van der Waals surface area contributed by atoms with Crippen LogP contribution in [0.2, 0.25) is 5.02 Å². The molecule has 24 heavy (non-hydrogen) atoms. The highest BCUT2D eigenvalue weighted by molar-refractivity contribution is 6.30. The number of carbonyl (C=O) groups is 2. The number of aryl methyl sites for hydroxylation is 2. The molecule has 0 aliphatic carbocycles. The van der Waals surface area contributed by atoms with Crippen LogP contribution in [0, 0.1) is 19.8 Å². The van der Waals surface area contributed by atoms with Gasteiger partial charge < -0.3 is 10.2 Å². The maximum absolute atomic E-state index is 12.5. The predicted molar refractivity (Wildman–Crippen MR) is 96.5 cm³/mol. The monoisotopic (exact) mass is 342 g/mol. The van der Waals surface area contributed by atoms with Crippen molar-refractivity contribution in [2.75, 3.05) is 16.8 Å². The lowest BCUT2D eigenvalue weighted by molar-refractivity contribution is -0.122. The van der Waals surface area contributed by atoms with Gasteiger partial charge in [0.1, 0.15) is 0 Å². The molecule has 0 spiro atoms. The Balaban J connectivity index is 1.76. The molecule has 1 heterocycles. The fourth-order valence-electron chi connectivity index (χ4n) is 3.14. The highest BCUT2D eigenvalue weighted by Crippen LogP contribution is 2.31. The molecule has 1 atom stereocenters. The van der Waals surface area contributed by atoms with Crippen molar-refractivity contribution in [1.29, 1.82) is 0 Å². The Morgan fingerprint density at radius 1 is 1.17 bits per heavy atom. The third kappa shape index (κ3) is 3.29. The number of hydrogen-bond donors (Lipinski definition) is 1. The van der Waals surface area contributed by atoms with Crippen molar-refractivity contribution in [3.8, 4) is 0 Å². The number of rotatable bonds is 3. The van der Waals surface area contributed by atoms with Gasteiger partial charge in [0.05, 0.1) is 5.92 Å². The van der Waals surface area contributed by atoms with Gasteiger partial charge in [0.2, 0.25) is 11.8 Å². The minimum Gasteiger partial charge on any atom is -0.326 e. The minimum absolute atomic E-state index is 0.0151. The van der Waals surface area contributed by atoms with Crippen LogP contribution in [0.25, 0.3) is 0 Å². The topological polar surface area (TPSA) is 49.4 Å². The standard InChI is InChI=1S/C19H19ClN2O2/c1-12-5-3-6-13(2)18(12)22-11-14(9-17(22)23)19(24)21-16-8-4-7-15(20)10-16/h3-8,10,14H,9,11H2,1-2H3,(H,21,24)/t14-/m0/s1. The molecular formula is C19H19ClN2O2. The zero-order valence-electron chi connectivity index (χ0n) is 13.7. The second-order valence-corrected chi connectivity index (χ2v) is 6.58. The van der Waals surface area contributed by atoms with Crippen molar-refractivity contribution in [3.63, 3.8) is 0 Å². The van der Waals surface area contributed by atoms with E-state index < -0.39 is 0 Å². The average molecular weight is 343 g/mol. The van der Waals surface area contributed by atoms with E-state index in [-0.39, 0.29) is 24.2 Å². The minimum atomic E-state index is -0.365. The number of para-hydroxylation sites is 1. The SMILES string of the molecule is Cc1cccc(C)c1N1C[C@@H](C(=O)Nc2cccc(Cl)c2)CC1=O. The molecule has 124 valence electrons. The van der Waals surface area contributed by atoms with E-state index in [1.165, 1.54) is 0 Å². The molecule has 0 bridgehead atoms. The molecule has 1 N–H and O–H groups in total. The van der Waals surface area contributed by atoms with Crippen LogP contribution in [-0.4, -0.2) is 18.4 Å². The molecule has 1 fully saturated rings. The van der Waals surface area contributed by atoms with E-state index >= 15 is 0 Å². The molecule has 2 amide bonds. The molecule has 4 nitrogen and oxygen atoms in total. The number of anilines is 2. The smallest absolute Gasteiger partial charge is 0.229 e.